The standard InChI is InChI=1S/C12H9F3N4O2/c13-12(14,15)7-1-3-8(4-2-7)17-10-6-5-9(19(20)21)11(16)18-10/h1-6H,(H3,16,17,18). The van der Waals surface area contributed by atoms with Gasteiger partial charge in [0, 0.05) is 11.8 Å². The number of rotatable bonds is 3. The summed E-state index contributed by atoms with van der Waals surface area (Å²) < 4.78 is 37.2. The topological polar surface area (TPSA) is 94.1 Å². The number of pyridine rings is 1. The third-order valence-corrected chi connectivity index (χ3v) is 2.58. The van der Waals surface area contributed by atoms with Crippen molar-refractivity contribution in [3.8, 4) is 0 Å². The van der Waals surface area contributed by atoms with Crippen LogP contribution in [0.5, 0.6) is 0 Å². The van der Waals surface area contributed by atoms with Gasteiger partial charge in [-0.15, -0.1) is 0 Å². The number of benzene rings is 1. The molecule has 0 unspecified atom stereocenters. The second-order valence-electron chi connectivity index (χ2n) is 4.06. The van der Waals surface area contributed by atoms with Crippen LogP contribution in [0.3, 0.4) is 0 Å². The lowest BCUT2D eigenvalue weighted by molar-refractivity contribution is -0.384. The Hall–Kier alpha value is -2.84. The lowest BCUT2D eigenvalue weighted by Gasteiger charge is -2.09. The predicted octanol–water partition coefficient (Wildman–Crippen LogP) is 3.33. The van der Waals surface area contributed by atoms with E-state index in [1.807, 2.05) is 0 Å². The number of nitrogen functional groups attached to an aromatic ring is 1. The number of nitrogens with two attached hydrogens (primary N) is 1. The highest BCUT2D eigenvalue weighted by Crippen LogP contribution is 2.30. The molecule has 0 saturated heterocycles. The van der Waals surface area contributed by atoms with E-state index in [9.17, 15) is 23.3 Å². The summed E-state index contributed by atoms with van der Waals surface area (Å²) in [7, 11) is 0. The molecule has 2 aromatic rings. The molecule has 0 bridgehead atoms. The average Bonchev–Trinajstić information content (AvgIpc) is 2.38. The van der Waals surface area contributed by atoms with Gasteiger partial charge in [-0.05, 0) is 30.3 Å². The Morgan fingerprint density at radius 2 is 1.76 bits per heavy atom. The van der Waals surface area contributed by atoms with Crippen molar-refractivity contribution in [1.29, 1.82) is 0 Å². The number of nitro groups is 1. The highest BCUT2D eigenvalue weighted by atomic mass is 19.4. The van der Waals surface area contributed by atoms with Gasteiger partial charge in [-0.3, -0.25) is 10.1 Å². The van der Waals surface area contributed by atoms with Crippen LogP contribution >= 0.6 is 0 Å². The summed E-state index contributed by atoms with van der Waals surface area (Å²) in [5, 5.41) is 13.3. The fourth-order valence-corrected chi connectivity index (χ4v) is 1.58. The van der Waals surface area contributed by atoms with Crippen LogP contribution in [-0.2, 0) is 6.18 Å². The second kappa shape index (κ2) is 5.27. The summed E-state index contributed by atoms with van der Waals surface area (Å²) in [6.45, 7) is 0. The molecule has 0 amide bonds. The quantitative estimate of drug-likeness (QED) is 0.669. The van der Waals surface area contributed by atoms with Crippen molar-refractivity contribution in [3.05, 3.63) is 52.1 Å². The van der Waals surface area contributed by atoms with Gasteiger partial charge in [0.15, 0.2) is 0 Å². The van der Waals surface area contributed by atoms with Crippen molar-refractivity contribution in [2.75, 3.05) is 11.1 Å². The number of hydrogen-bond donors (Lipinski definition) is 2. The SMILES string of the molecule is Nc1nc(Nc2ccc(C(F)(F)F)cc2)ccc1[N+](=O)[O-]. The molecule has 0 aliphatic heterocycles. The first-order valence-electron chi connectivity index (χ1n) is 5.62. The zero-order valence-corrected chi connectivity index (χ0v) is 10.4. The molecule has 21 heavy (non-hydrogen) atoms. The van der Waals surface area contributed by atoms with Crippen LogP contribution in [0.2, 0.25) is 0 Å². The van der Waals surface area contributed by atoms with E-state index in [1.165, 1.54) is 18.2 Å². The lowest BCUT2D eigenvalue weighted by Crippen LogP contribution is -2.05. The summed E-state index contributed by atoms with van der Waals surface area (Å²) in [6, 6.07) is 6.75. The predicted molar refractivity (Wildman–Crippen MR) is 70.0 cm³/mol. The Balaban J connectivity index is 2.19. The van der Waals surface area contributed by atoms with E-state index in [-0.39, 0.29) is 17.3 Å². The van der Waals surface area contributed by atoms with Gasteiger partial charge in [-0.1, -0.05) is 0 Å². The van der Waals surface area contributed by atoms with Crippen LogP contribution in [0.4, 0.5) is 36.2 Å². The van der Waals surface area contributed by atoms with Gasteiger partial charge in [-0.25, -0.2) is 4.98 Å². The molecule has 0 spiro atoms. The number of alkyl halides is 3. The Kier molecular flexibility index (Phi) is 3.66. The Labute approximate surface area is 116 Å². The lowest BCUT2D eigenvalue weighted by atomic mass is 10.2. The summed E-state index contributed by atoms with van der Waals surface area (Å²) in [5.41, 5.74) is 4.65. The minimum atomic E-state index is -4.41. The summed E-state index contributed by atoms with van der Waals surface area (Å²) in [6.07, 6.45) is -4.41. The van der Waals surface area contributed by atoms with Crippen molar-refractivity contribution in [2.45, 2.75) is 6.18 Å². The summed E-state index contributed by atoms with van der Waals surface area (Å²) >= 11 is 0. The van der Waals surface area contributed by atoms with Crippen LogP contribution in [0.25, 0.3) is 0 Å². The van der Waals surface area contributed by atoms with Gasteiger partial charge < -0.3 is 11.1 Å². The van der Waals surface area contributed by atoms with Crippen LogP contribution in [0, 0.1) is 10.1 Å². The van der Waals surface area contributed by atoms with Gasteiger partial charge in [0.05, 0.1) is 10.5 Å². The highest BCUT2D eigenvalue weighted by molar-refractivity contribution is 5.62. The molecule has 1 heterocycles. The number of halogens is 3. The first kappa shape index (κ1) is 14.6. The molecule has 0 atom stereocenters. The summed E-state index contributed by atoms with van der Waals surface area (Å²) in [5.74, 6) is -0.0882. The van der Waals surface area contributed by atoms with Gasteiger partial charge >= 0.3 is 11.9 Å². The molecular formula is C12H9F3N4O2. The molecule has 0 radical (unpaired) electrons. The zero-order valence-electron chi connectivity index (χ0n) is 10.4. The van der Waals surface area contributed by atoms with Gasteiger partial charge in [0.25, 0.3) is 0 Å². The van der Waals surface area contributed by atoms with Gasteiger partial charge in [0.1, 0.15) is 5.82 Å². The van der Waals surface area contributed by atoms with Crippen molar-refractivity contribution in [3.63, 3.8) is 0 Å². The first-order valence-corrected chi connectivity index (χ1v) is 5.62. The highest BCUT2D eigenvalue weighted by Gasteiger charge is 2.29. The van der Waals surface area contributed by atoms with E-state index in [0.29, 0.717) is 5.69 Å². The third kappa shape index (κ3) is 3.38. The van der Waals surface area contributed by atoms with Crippen LogP contribution in [0.15, 0.2) is 36.4 Å². The average molecular weight is 298 g/mol. The van der Waals surface area contributed by atoms with Crippen LogP contribution < -0.4 is 11.1 Å². The monoisotopic (exact) mass is 298 g/mol. The molecular weight excluding hydrogens is 289 g/mol. The molecule has 2 rings (SSSR count). The fourth-order valence-electron chi connectivity index (χ4n) is 1.58. The maximum Gasteiger partial charge on any atom is 0.416 e. The Morgan fingerprint density at radius 1 is 1.14 bits per heavy atom. The summed E-state index contributed by atoms with van der Waals surface area (Å²) in [4.78, 5) is 13.7. The molecule has 6 nitrogen and oxygen atoms in total. The molecule has 1 aromatic carbocycles. The van der Waals surface area contributed by atoms with Gasteiger partial charge in [0.2, 0.25) is 5.82 Å². The smallest absolute Gasteiger partial charge is 0.378 e. The van der Waals surface area contributed by atoms with E-state index in [4.69, 9.17) is 5.73 Å². The van der Waals surface area contributed by atoms with Crippen molar-refractivity contribution < 1.29 is 18.1 Å². The minimum Gasteiger partial charge on any atom is -0.378 e. The largest absolute Gasteiger partial charge is 0.416 e. The minimum absolute atomic E-state index is 0.192. The second-order valence-corrected chi connectivity index (χ2v) is 4.06. The van der Waals surface area contributed by atoms with Crippen molar-refractivity contribution in [2.24, 2.45) is 0 Å². The maximum atomic E-state index is 12.4. The Morgan fingerprint density at radius 3 is 2.24 bits per heavy atom. The molecule has 1 aromatic heterocycles. The Bertz CT molecular complexity index is 671. The van der Waals surface area contributed by atoms with E-state index < -0.39 is 16.7 Å². The zero-order chi connectivity index (χ0) is 15.6. The molecule has 3 N–H and O–H groups in total. The van der Waals surface area contributed by atoms with E-state index in [0.717, 1.165) is 18.2 Å². The van der Waals surface area contributed by atoms with Gasteiger partial charge in [-0.2, -0.15) is 13.2 Å². The number of hydrogen-bond acceptors (Lipinski definition) is 5. The number of aromatic nitrogens is 1. The number of nitrogens with zero attached hydrogens (tertiary/aromatic N) is 2. The van der Waals surface area contributed by atoms with E-state index >= 15 is 0 Å². The molecule has 0 aliphatic rings. The normalized spacial score (nSPS) is 11.2. The molecule has 110 valence electrons. The number of anilines is 3. The molecule has 0 aliphatic carbocycles. The molecule has 9 heteroatoms. The van der Waals surface area contributed by atoms with E-state index in [1.54, 1.807) is 0 Å². The maximum absolute atomic E-state index is 12.4. The molecule has 0 fully saturated rings. The third-order valence-electron chi connectivity index (χ3n) is 2.58. The van der Waals surface area contributed by atoms with Crippen LogP contribution in [0.1, 0.15) is 5.56 Å². The first-order chi connectivity index (χ1) is 9.77. The van der Waals surface area contributed by atoms with E-state index in [2.05, 4.69) is 10.3 Å². The molecule has 0 saturated carbocycles. The van der Waals surface area contributed by atoms with Crippen LogP contribution in [-0.4, -0.2) is 9.91 Å². The van der Waals surface area contributed by atoms with Crippen molar-refractivity contribution in [1.82, 2.24) is 4.98 Å². The van der Waals surface area contributed by atoms with Crippen molar-refractivity contribution >= 4 is 23.0 Å². The fraction of sp³-hybridized carbons (Fsp3) is 0.0833. The number of nitrogens with one attached hydrogen (secondary N) is 1.